The van der Waals surface area contributed by atoms with E-state index in [0.29, 0.717) is 6.61 Å². The van der Waals surface area contributed by atoms with Gasteiger partial charge in [0.1, 0.15) is 0 Å². The fourth-order valence-corrected chi connectivity index (χ4v) is 2.42. The number of allylic oxidation sites excluding steroid dienone is 2. The molecule has 3 nitrogen and oxygen atoms in total. The Bertz CT molecular complexity index is 334. The van der Waals surface area contributed by atoms with Gasteiger partial charge in [-0.05, 0) is 45.2 Å². The number of carbonyl (C=O) groups excluding carboxylic acids is 1. The summed E-state index contributed by atoms with van der Waals surface area (Å²) in [4.78, 5) is 14.2. The Morgan fingerprint density at radius 2 is 2.21 bits per heavy atom. The first kappa shape index (κ1) is 16.0. The molecule has 0 spiro atoms. The highest BCUT2D eigenvalue weighted by Crippen LogP contribution is 2.19. The van der Waals surface area contributed by atoms with E-state index in [2.05, 4.69) is 37.0 Å². The summed E-state index contributed by atoms with van der Waals surface area (Å²) in [5.41, 5.74) is 1.33. The summed E-state index contributed by atoms with van der Waals surface area (Å²) in [7, 11) is 0. The van der Waals surface area contributed by atoms with Crippen molar-refractivity contribution in [2.75, 3.05) is 26.2 Å². The SMILES string of the molecule is C/C=C(\C=C/CC)CN1CCCC(C(=O)OCC)C1. The van der Waals surface area contributed by atoms with Crippen molar-refractivity contribution in [3.05, 3.63) is 23.8 Å². The van der Waals surface area contributed by atoms with E-state index in [0.717, 1.165) is 38.9 Å². The van der Waals surface area contributed by atoms with Gasteiger partial charge in [0.2, 0.25) is 0 Å². The normalized spacial score (nSPS) is 21.8. The predicted octanol–water partition coefficient (Wildman–Crippen LogP) is 3.17. The lowest BCUT2D eigenvalue weighted by molar-refractivity contribution is -0.149. The molecule has 0 aromatic heterocycles. The number of carbonyl (C=O) groups is 1. The van der Waals surface area contributed by atoms with E-state index in [9.17, 15) is 4.79 Å². The molecular weight excluding hydrogens is 238 g/mol. The van der Waals surface area contributed by atoms with Crippen molar-refractivity contribution in [1.82, 2.24) is 4.90 Å². The third kappa shape index (κ3) is 5.60. The van der Waals surface area contributed by atoms with Crippen LogP contribution in [0.5, 0.6) is 0 Å². The first-order valence-electron chi connectivity index (χ1n) is 7.41. The van der Waals surface area contributed by atoms with E-state index in [1.54, 1.807) is 0 Å². The second kappa shape index (κ2) is 8.92. The minimum absolute atomic E-state index is 0.0293. The van der Waals surface area contributed by atoms with Gasteiger partial charge in [-0.25, -0.2) is 0 Å². The van der Waals surface area contributed by atoms with Gasteiger partial charge in [0, 0.05) is 13.1 Å². The summed E-state index contributed by atoms with van der Waals surface area (Å²) in [6.07, 6.45) is 9.63. The lowest BCUT2D eigenvalue weighted by Gasteiger charge is -2.31. The molecule has 1 fully saturated rings. The molecule has 0 saturated carbocycles. The maximum absolute atomic E-state index is 11.8. The van der Waals surface area contributed by atoms with Crippen molar-refractivity contribution >= 4 is 5.97 Å². The van der Waals surface area contributed by atoms with Crippen molar-refractivity contribution in [3.8, 4) is 0 Å². The highest BCUT2D eigenvalue weighted by Gasteiger charge is 2.26. The summed E-state index contributed by atoms with van der Waals surface area (Å²) in [5.74, 6) is 0.0280. The fourth-order valence-electron chi connectivity index (χ4n) is 2.42. The minimum Gasteiger partial charge on any atom is -0.466 e. The second-order valence-corrected chi connectivity index (χ2v) is 5.00. The highest BCUT2D eigenvalue weighted by atomic mass is 16.5. The van der Waals surface area contributed by atoms with Gasteiger partial charge in [-0.15, -0.1) is 0 Å². The van der Waals surface area contributed by atoms with Crippen LogP contribution in [0.25, 0.3) is 0 Å². The zero-order chi connectivity index (χ0) is 14.1. The minimum atomic E-state index is -0.0293. The molecule has 1 saturated heterocycles. The first-order chi connectivity index (χ1) is 9.21. The van der Waals surface area contributed by atoms with Crippen LogP contribution < -0.4 is 0 Å². The molecule has 3 heteroatoms. The topological polar surface area (TPSA) is 29.5 Å². The molecular formula is C16H27NO2. The molecule has 19 heavy (non-hydrogen) atoms. The van der Waals surface area contributed by atoms with Crippen LogP contribution in [0, 0.1) is 5.92 Å². The predicted molar refractivity (Wildman–Crippen MR) is 79.0 cm³/mol. The number of hydrogen-bond donors (Lipinski definition) is 0. The van der Waals surface area contributed by atoms with Gasteiger partial charge in [0.15, 0.2) is 0 Å². The van der Waals surface area contributed by atoms with E-state index in [1.165, 1.54) is 5.57 Å². The number of rotatable bonds is 6. The number of esters is 1. The van der Waals surface area contributed by atoms with Gasteiger partial charge in [-0.2, -0.15) is 0 Å². The molecule has 0 aliphatic carbocycles. The monoisotopic (exact) mass is 265 g/mol. The van der Waals surface area contributed by atoms with Crippen molar-refractivity contribution in [2.24, 2.45) is 5.92 Å². The molecule has 0 bridgehead atoms. The zero-order valence-corrected chi connectivity index (χ0v) is 12.5. The highest BCUT2D eigenvalue weighted by molar-refractivity contribution is 5.72. The largest absolute Gasteiger partial charge is 0.466 e. The quantitative estimate of drug-likeness (QED) is 0.546. The number of ether oxygens (including phenoxy) is 1. The van der Waals surface area contributed by atoms with Gasteiger partial charge in [-0.3, -0.25) is 9.69 Å². The van der Waals surface area contributed by atoms with Crippen molar-refractivity contribution in [1.29, 1.82) is 0 Å². The van der Waals surface area contributed by atoms with Gasteiger partial charge in [0.25, 0.3) is 0 Å². The smallest absolute Gasteiger partial charge is 0.310 e. The van der Waals surface area contributed by atoms with Crippen LogP contribution in [-0.4, -0.2) is 37.1 Å². The second-order valence-electron chi connectivity index (χ2n) is 5.00. The number of nitrogens with zero attached hydrogens (tertiary/aromatic N) is 1. The van der Waals surface area contributed by atoms with Gasteiger partial charge < -0.3 is 4.74 Å². The van der Waals surface area contributed by atoms with Gasteiger partial charge in [0.05, 0.1) is 12.5 Å². The molecule has 1 aliphatic heterocycles. The third-order valence-corrected chi connectivity index (χ3v) is 3.47. The molecule has 1 unspecified atom stereocenters. The maximum Gasteiger partial charge on any atom is 0.310 e. The Morgan fingerprint density at radius 1 is 1.42 bits per heavy atom. The van der Waals surface area contributed by atoms with E-state index < -0.39 is 0 Å². The molecule has 0 amide bonds. The lowest BCUT2D eigenvalue weighted by Crippen LogP contribution is -2.40. The molecule has 0 radical (unpaired) electrons. The lowest BCUT2D eigenvalue weighted by atomic mass is 9.97. The zero-order valence-electron chi connectivity index (χ0n) is 12.5. The van der Waals surface area contributed by atoms with Crippen molar-refractivity contribution in [3.63, 3.8) is 0 Å². The molecule has 0 aromatic rings. The molecule has 1 atom stereocenters. The van der Waals surface area contributed by atoms with Crippen LogP contribution >= 0.6 is 0 Å². The molecule has 1 aliphatic rings. The van der Waals surface area contributed by atoms with Crippen LogP contribution in [0.3, 0.4) is 0 Å². The van der Waals surface area contributed by atoms with Crippen LogP contribution in [0.1, 0.15) is 40.0 Å². The molecule has 1 heterocycles. The summed E-state index contributed by atoms with van der Waals surface area (Å²) in [6, 6.07) is 0. The van der Waals surface area contributed by atoms with Gasteiger partial charge in [-0.1, -0.05) is 25.2 Å². The van der Waals surface area contributed by atoms with Crippen LogP contribution in [-0.2, 0) is 9.53 Å². The van der Waals surface area contributed by atoms with Crippen LogP contribution in [0.2, 0.25) is 0 Å². The summed E-state index contributed by atoms with van der Waals surface area (Å²) in [5, 5.41) is 0. The van der Waals surface area contributed by atoms with Crippen LogP contribution in [0.15, 0.2) is 23.8 Å². The molecule has 108 valence electrons. The maximum atomic E-state index is 11.8. The Labute approximate surface area is 117 Å². The molecule has 1 rings (SSSR count). The van der Waals surface area contributed by atoms with E-state index in [4.69, 9.17) is 4.74 Å². The van der Waals surface area contributed by atoms with Crippen molar-refractivity contribution in [2.45, 2.75) is 40.0 Å². The number of piperidine rings is 1. The summed E-state index contributed by atoms with van der Waals surface area (Å²) < 4.78 is 5.13. The summed E-state index contributed by atoms with van der Waals surface area (Å²) >= 11 is 0. The molecule has 0 N–H and O–H groups in total. The Balaban J connectivity index is 2.50. The Hall–Kier alpha value is -1.09. The number of likely N-dealkylation sites (tertiary alicyclic amines) is 1. The fraction of sp³-hybridized carbons (Fsp3) is 0.688. The van der Waals surface area contributed by atoms with Gasteiger partial charge >= 0.3 is 5.97 Å². The Kier molecular flexibility index (Phi) is 7.49. The standard InChI is InChI=1S/C16H27NO2/c1-4-7-9-14(5-2)12-17-11-8-10-15(13-17)16(18)19-6-3/h5,7,9,15H,4,6,8,10-13H2,1-3H3/b9-7-,14-5+. The average molecular weight is 265 g/mol. The third-order valence-electron chi connectivity index (χ3n) is 3.47. The Morgan fingerprint density at radius 3 is 2.84 bits per heavy atom. The van der Waals surface area contributed by atoms with Crippen molar-refractivity contribution < 1.29 is 9.53 Å². The first-order valence-corrected chi connectivity index (χ1v) is 7.41. The van der Waals surface area contributed by atoms with E-state index >= 15 is 0 Å². The summed E-state index contributed by atoms with van der Waals surface area (Å²) in [6.45, 7) is 9.40. The molecule has 0 aromatic carbocycles. The number of hydrogen-bond acceptors (Lipinski definition) is 3. The van der Waals surface area contributed by atoms with Crippen LogP contribution in [0.4, 0.5) is 0 Å². The average Bonchev–Trinajstić information content (AvgIpc) is 2.44. The van der Waals surface area contributed by atoms with E-state index in [-0.39, 0.29) is 11.9 Å². The van der Waals surface area contributed by atoms with E-state index in [1.807, 2.05) is 6.92 Å².